The number of carboxylic acids is 1. The number of amides is 2. The van der Waals surface area contributed by atoms with Gasteiger partial charge in [-0.05, 0) is 24.3 Å². The van der Waals surface area contributed by atoms with Crippen LogP contribution in [0.1, 0.15) is 5.56 Å². The van der Waals surface area contributed by atoms with Gasteiger partial charge in [-0.25, -0.2) is 4.79 Å². The molecule has 104 valence electrons. The summed E-state index contributed by atoms with van der Waals surface area (Å²) in [5, 5.41) is 18.5. The smallest absolute Gasteiger partial charge is 0.328 e. The van der Waals surface area contributed by atoms with Crippen LogP contribution in [0.3, 0.4) is 0 Å². The molecular weight excluding hydrogens is 282 g/mol. The molecule has 0 fully saturated rings. The highest BCUT2D eigenvalue weighted by atomic mass is 32.1. The number of rotatable bonds is 4. The maximum atomic E-state index is 12.1. The Bertz CT molecular complexity index is 599. The minimum Gasteiger partial charge on any atom is -0.480 e. The number of anilines is 2. The first-order valence-electron chi connectivity index (χ1n) is 5.58. The third-order valence-corrected chi connectivity index (χ3v) is 2.91. The molecule has 1 heterocycles. The van der Waals surface area contributed by atoms with E-state index in [4.69, 9.17) is 5.11 Å². The lowest BCUT2D eigenvalue weighted by Gasteiger charge is -2.20. The Kier molecular flexibility index (Phi) is 4.20. The molecule has 0 unspecified atom stereocenters. The lowest BCUT2D eigenvalue weighted by Crippen LogP contribution is -2.38. The highest BCUT2D eigenvalue weighted by molar-refractivity contribution is 7.09. The minimum atomic E-state index is -1.11. The fraction of sp³-hybridized carbons (Fsp3) is 0.182. The van der Waals surface area contributed by atoms with Gasteiger partial charge in [-0.3, -0.25) is 15.0 Å². The Morgan fingerprint density at radius 1 is 1.35 bits per heavy atom. The molecule has 2 rings (SSSR count). The number of urea groups is 1. The van der Waals surface area contributed by atoms with E-state index in [1.165, 1.54) is 0 Å². The van der Waals surface area contributed by atoms with Crippen molar-refractivity contribution in [1.82, 2.24) is 14.8 Å². The highest BCUT2D eigenvalue weighted by Gasteiger charge is 2.19. The molecule has 2 N–H and O–H groups in total. The lowest BCUT2D eigenvalue weighted by atomic mass is 10.2. The topological polar surface area (TPSA) is 108 Å². The molecule has 9 heteroatoms. The second-order valence-electron chi connectivity index (χ2n) is 3.91. The number of benzene rings is 1. The summed E-state index contributed by atoms with van der Waals surface area (Å²) in [6, 6.07) is 6.34. The normalized spacial score (nSPS) is 10.1. The lowest BCUT2D eigenvalue weighted by molar-refractivity contribution is -0.135. The van der Waals surface area contributed by atoms with Crippen LogP contribution in [0, 0.1) is 6.92 Å². The van der Waals surface area contributed by atoms with Crippen LogP contribution >= 0.6 is 11.5 Å². The van der Waals surface area contributed by atoms with Gasteiger partial charge in [0.15, 0.2) is 0 Å². The van der Waals surface area contributed by atoms with Crippen molar-refractivity contribution in [3.8, 4) is 0 Å². The predicted molar refractivity (Wildman–Crippen MR) is 72.9 cm³/mol. The summed E-state index contributed by atoms with van der Waals surface area (Å²) in [5.74, 6) is -1.11. The van der Waals surface area contributed by atoms with Crippen molar-refractivity contribution in [1.29, 1.82) is 0 Å². The monoisotopic (exact) mass is 293 g/mol. The number of hydrogen-bond acceptors (Lipinski definition) is 6. The van der Waals surface area contributed by atoms with Crippen molar-refractivity contribution in [2.24, 2.45) is 0 Å². The second-order valence-corrected chi connectivity index (χ2v) is 4.65. The molecule has 2 aromatic rings. The summed E-state index contributed by atoms with van der Waals surface area (Å²) in [7, 11) is 0. The van der Waals surface area contributed by atoms with E-state index in [9.17, 15) is 9.59 Å². The van der Waals surface area contributed by atoms with Crippen molar-refractivity contribution < 1.29 is 14.7 Å². The van der Waals surface area contributed by atoms with Crippen molar-refractivity contribution in [3.63, 3.8) is 0 Å². The summed E-state index contributed by atoms with van der Waals surface area (Å²) in [4.78, 5) is 24.1. The number of aromatic nitrogens is 3. The fourth-order valence-corrected chi connectivity index (χ4v) is 1.84. The largest absolute Gasteiger partial charge is 0.480 e. The molecule has 0 aliphatic heterocycles. The summed E-state index contributed by atoms with van der Waals surface area (Å²) in [5.41, 5.74) is 1.49. The average Bonchev–Trinajstić information content (AvgIpc) is 2.89. The number of nitrogens with one attached hydrogen (secondary N) is 1. The van der Waals surface area contributed by atoms with Gasteiger partial charge in [0.1, 0.15) is 6.54 Å². The van der Waals surface area contributed by atoms with Gasteiger partial charge in [0, 0.05) is 17.2 Å². The van der Waals surface area contributed by atoms with E-state index in [0.29, 0.717) is 5.69 Å². The molecule has 0 spiro atoms. The standard InChI is InChI=1S/C11H11N5O3S/c1-7-2-4-8(5-3-7)16(6-9(17)18)11(19)12-10-13-14-15-20-10/h2-5H,6H2,1H3,(H,17,18)(H,12,13,15,19). The van der Waals surface area contributed by atoms with Crippen LogP contribution in [0.25, 0.3) is 0 Å². The van der Waals surface area contributed by atoms with Gasteiger partial charge in [0.2, 0.25) is 5.13 Å². The molecule has 0 radical (unpaired) electrons. The van der Waals surface area contributed by atoms with Crippen molar-refractivity contribution in [2.45, 2.75) is 6.92 Å². The molecule has 8 nitrogen and oxygen atoms in total. The molecular formula is C11H11N5O3S. The number of aryl methyl sites for hydroxylation is 1. The van der Waals surface area contributed by atoms with E-state index in [1.54, 1.807) is 24.3 Å². The molecule has 1 aromatic carbocycles. The predicted octanol–water partition coefficient (Wildman–Crippen LogP) is 1.36. The van der Waals surface area contributed by atoms with Gasteiger partial charge in [-0.1, -0.05) is 27.3 Å². The van der Waals surface area contributed by atoms with Crippen LogP contribution in [0.15, 0.2) is 24.3 Å². The van der Waals surface area contributed by atoms with E-state index in [-0.39, 0.29) is 5.13 Å². The number of aliphatic carboxylic acids is 1. The molecule has 0 saturated heterocycles. The zero-order valence-electron chi connectivity index (χ0n) is 10.5. The SMILES string of the molecule is Cc1ccc(N(CC(=O)O)C(=O)Nc2nnns2)cc1. The quantitative estimate of drug-likeness (QED) is 0.881. The fourth-order valence-electron chi connectivity index (χ4n) is 1.48. The summed E-state index contributed by atoms with van der Waals surface area (Å²) >= 11 is 0.907. The van der Waals surface area contributed by atoms with Crippen molar-refractivity contribution in [3.05, 3.63) is 29.8 Å². The molecule has 20 heavy (non-hydrogen) atoms. The summed E-state index contributed by atoms with van der Waals surface area (Å²) in [6.07, 6.45) is 0. The Labute approximate surface area is 118 Å². The Morgan fingerprint density at radius 3 is 2.60 bits per heavy atom. The van der Waals surface area contributed by atoms with Crippen LogP contribution in [-0.4, -0.2) is 38.5 Å². The second kappa shape index (κ2) is 6.06. The van der Waals surface area contributed by atoms with E-state index in [1.807, 2.05) is 6.92 Å². The number of carboxylic acid groups (broad SMARTS) is 1. The van der Waals surface area contributed by atoms with E-state index in [2.05, 4.69) is 20.1 Å². The number of carbonyl (C=O) groups excluding carboxylic acids is 1. The van der Waals surface area contributed by atoms with E-state index in [0.717, 1.165) is 22.0 Å². The first kappa shape index (κ1) is 13.9. The van der Waals surface area contributed by atoms with Gasteiger partial charge < -0.3 is 5.11 Å². The summed E-state index contributed by atoms with van der Waals surface area (Å²) < 4.78 is 3.51. The summed E-state index contributed by atoms with van der Waals surface area (Å²) in [6.45, 7) is 1.44. The van der Waals surface area contributed by atoms with Gasteiger partial charge in [-0.15, -0.1) is 0 Å². The van der Waals surface area contributed by atoms with Crippen LogP contribution < -0.4 is 10.2 Å². The number of nitrogens with zero attached hydrogens (tertiary/aromatic N) is 4. The zero-order valence-corrected chi connectivity index (χ0v) is 11.3. The molecule has 0 bridgehead atoms. The third-order valence-electron chi connectivity index (χ3n) is 2.40. The number of hydrogen-bond donors (Lipinski definition) is 2. The van der Waals surface area contributed by atoms with Gasteiger partial charge in [0.25, 0.3) is 0 Å². The molecule has 0 aliphatic rings. The molecule has 2 amide bonds. The van der Waals surface area contributed by atoms with Crippen LogP contribution in [0.2, 0.25) is 0 Å². The molecule has 0 atom stereocenters. The maximum Gasteiger partial charge on any atom is 0.328 e. The van der Waals surface area contributed by atoms with Gasteiger partial charge in [-0.2, -0.15) is 0 Å². The van der Waals surface area contributed by atoms with E-state index < -0.39 is 18.5 Å². The Balaban J connectivity index is 2.20. The highest BCUT2D eigenvalue weighted by Crippen LogP contribution is 2.17. The molecule has 0 saturated carbocycles. The minimum absolute atomic E-state index is 0.206. The first-order valence-corrected chi connectivity index (χ1v) is 6.35. The van der Waals surface area contributed by atoms with Crippen LogP contribution in [-0.2, 0) is 4.79 Å². The van der Waals surface area contributed by atoms with Crippen LogP contribution in [0.5, 0.6) is 0 Å². The molecule has 1 aromatic heterocycles. The van der Waals surface area contributed by atoms with Gasteiger partial charge in [0.05, 0.1) is 0 Å². The van der Waals surface area contributed by atoms with Crippen LogP contribution in [0.4, 0.5) is 15.6 Å². The zero-order chi connectivity index (χ0) is 14.5. The van der Waals surface area contributed by atoms with Gasteiger partial charge >= 0.3 is 12.0 Å². The average molecular weight is 293 g/mol. The van der Waals surface area contributed by atoms with E-state index >= 15 is 0 Å². The Morgan fingerprint density at radius 2 is 2.05 bits per heavy atom. The van der Waals surface area contributed by atoms with Crippen molar-refractivity contribution in [2.75, 3.05) is 16.8 Å². The number of carbonyl (C=O) groups is 2. The maximum absolute atomic E-state index is 12.1. The van der Waals surface area contributed by atoms with Crippen molar-refractivity contribution >= 4 is 34.4 Å². The molecule has 0 aliphatic carbocycles. The third kappa shape index (κ3) is 3.48. The first-order chi connectivity index (χ1) is 9.56. The Hall–Kier alpha value is -2.55.